The van der Waals surface area contributed by atoms with E-state index in [1.807, 2.05) is 27.6 Å². The van der Waals surface area contributed by atoms with Crippen molar-refractivity contribution in [2.24, 2.45) is 16.7 Å². The molecule has 0 radical (unpaired) electrons. The second-order valence-electron chi connectivity index (χ2n) is 12.8. The third kappa shape index (κ3) is 4.20. The van der Waals surface area contributed by atoms with E-state index in [2.05, 4.69) is 35.1 Å². The number of hydrogen-bond acceptors (Lipinski definition) is 8. The molecular weight excluding hydrogens is 514 g/mol. The van der Waals surface area contributed by atoms with Crippen LogP contribution >= 0.6 is 11.3 Å². The first-order chi connectivity index (χ1) is 18.7. The fourth-order valence-corrected chi connectivity index (χ4v) is 7.50. The first kappa shape index (κ1) is 24.9. The van der Waals surface area contributed by atoms with E-state index in [1.54, 1.807) is 11.7 Å². The predicted octanol–water partition coefficient (Wildman–Crippen LogP) is 4.10. The zero-order valence-corrected chi connectivity index (χ0v) is 23.6. The lowest BCUT2D eigenvalue weighted by Gasteiger charge is -2.50. The minimum Gasteiger partial charge on any atom is -0.423 e. The molecule has 3 aromatic rings. The number of nitrogens with zero attached hydrogens (tertiary/aromatic N) is 7. The molecule has 11 heteroatoms. The van der Waals surface area contributed by atoms with E-state index in [4.69, 9.17) is 9.52 Å². The van der Waals surface area contributed by atoms with E-state index in [0.29, 0.717) is 48.8 Å². The summed E-state index contributed by atoms with van der Waals surface area (Å²) in [4.78, 5) is 34.9. The summed E-state index contributed by atoms with van der Waals surface area (Å²) < 4.78 is 8.24. The summed E-state index contributed by atoms with van der Waals surface area (Å²) in [5, 5.41) is 13.8. The molecule has 2 saturated carbocycles. The van der Waals surface area contributed by atoms with E-state index >= 15 is 0 Å². The average Bonchev–Trinajstić information content (AvgIpc) is 3.63. The van der Waals surface area contributed by atoms with Gasteiger partial charge < -0.3 is 14.2 Å². The summed E-state index contributed by atoms with van der Waals surface area (Å²) in [6.45, 7) is 8.57. The van der Waals surface area contributed by atoms with Crippen molar-refractivity contribution in [3.63, 3.8) is 0 Å². The second kappa shape index (κ2) is 8.97. The van der Waals surface area contributed by atoms with E-state index in [1.165, 1.54) is 37.0 Å². The van der Waals surface area contributed by atoms with Crippen molar-refractivity contribution in [1.29, 1.82) is 0 Å². The van der Waals surface area contributed by atoms with Crippen LogP contribution < -0.4 is 0 Å². The number of carbonyl (C=O) groups is 2. The number of rotatable bonds is 6. The van der Waals surface area contributed by atoms with E-state index < -0.39 is 0 Å². The maximum Gasteiger partial charge on any atom is 0.265 e. The Morgan fingerprint density at radius 3 is 2.56 bits per heavy atom. The molecule has 4 fully saturated rings. The van der Waals surface area contributed by atoms with Crippen molar-refractivity contribution in [2.45, 2.75) is 70.8 Å². The molecule has 0 N–H and O–H groups in total. The minimum atomic E-state index is -0.288. The maximum atomic E-state index is 13.3. The van der Waals surface area contributed by atoms with E-state index in [-0.39, 0.29) is 40.5 Å². The van der Waals surface area contributed by atoms with Crippen LogP contribution in [0.1, 0.15) is 97.9 Å². The van der Waals surface area contributed by atoms with Crippen LogP contribution in [0.15, 0.2) is 28.4 Å². The van der Waals surface area contributed by atoms with Crippen LogP contribution in [-0.2, 0) is 4.79 Å². The van der Waals surface area contributed by atoms with Crippen LogP contribution in [0, 0.1) is 16.7 Å². The number of amides is 2. The van der Waals surface area contributed by atoms with E-state index in [9.17, 15) is 9.59 Å². The zero-order chi connectivity index (χ0) is 26.9. The molecule has 1 spiro atoms. The van der Waals surface area contributed by atoms with Gasteiger partial charge in [0.15, 0.2) is 0 Å². The van der Waals surface area contributed by atoms with Gasteiger partial charge >= 0.3 is 0 Å². The Hall–Kier alpha value is -3.08. The first-order valence-corrected chi connectivity index (χ1v) is 15.0. The highest BCUT2D eigenvalue weighted by Gasteiger charge is 2.61. The van der Waals surface area contributed by atoms with Gasteiger partial charge in [0.2, 0.25) is 17.7 Å². The molecule has 39 heavy (non-hydrogen) atoms. The van der Waals surface area contributed by atoms with Crippen LogP contribution in [0.5, 0.6) is 0 Å². The summed E-state index contributed by atoms with van der Waals surface area (Å²) in [5.74, 6) is 1.76. The molecule has 2 unspecified atom stereocenters. The predicted molar refractivity (Wildman–Crippen MR) is 143 cm³/mol. The SMILES string of the molecule is CC(c1nnc(C2CN(C(=O)c3cncs3)CC23CN(C(=O)[C@H]2CC2(C)C)C3)o1)n1ccc(C2CCCC2)n1. The molecule has 206 valence electrons. The molecule has 2 amide bonds. The fourth-order valence-electron chi connectivity index (χ4n) is 6.92. The topological polar surface area (TPSA) is 110 Å². The number of thiazole rings is 1. The lowest BCUT2D eigenvalue weighted by Crippen LogP contribution is -2.62. The highest BCUT2D eigenvalue weighted by molar-refractivity contribution is 7.11. The smallest absolute Gasteiger partial charge is 0.265 e. The van der Waals surface area contributed by atoms with Gasteiger partial charge in [0, 0.05) is 49.6 Å². The van der Waals surface area contributed by atoms with Gasteiger partial charge in [-0.15, -0.1) is 21.5 Å². The van der Waals surface area contributed by atoms with Crippen LogP contribution in [-0.4, -0.2) is 72.8 Å². The number of likely N-dealkylation sites (tertiary alicyclic amines) is 2. The molecule has 7 rings (SSSR count). The maximum absolute atomic E-state index is 13.3. The normalized spacial score (nSPS) is 26.2. The Labute approximate surface area is 231 Å². The van der Waals surface area contributed by atoms with Crippen molar-refractivity contribution >= 4 is 23.2 Å². The van der Waals surface area contributed by atoms with Crippen molar-refractivity contribution in [3.8, 4) is 0 Å². The lowest BCUT2D eigenvalue weighted by atomic mass is 9.71. The molecule has 10 nitrogen and oxygen atoms in total. The molecule has 2 aliphatic carbocycles. The Morgan fingerprint density at radius 1 is 1.13 bits per heavy atom. The standard InChI is InChI=1S/C28H35N7O3S/c1-17(35-9-8-21(32-35)18-6-4-5-7-18)23-30-31-24(38-23)20-12-33(26(37)22-11-29-16-39-22)13-28(20)14-34(15-28)25(36)19-10-27(19,2)3/h8-9,11,16-20H,4-7,10,12-15H2,1-3H3/t17?,19-,20?/m1/s1. The molecule has 0 bridgehead atoms. The highest BCUT2D eigenvalue weighted by atomic mass is 32.1. The number of aromatic nitrogens is 5. The monoisotopic (exact) mass is 549 g/mol. The van der Waals surface area contributed by atoms with Crippen LogP contribution in [0.3, 0.4) is 0 Å². The lowest BCUT2D eigenvalue weighted by molar-refractivity contribution is -0.146. The molecule has 2 aliphatic heterocycles. The first-order valence-electron chi connectivity index (χ1n) is 14.1. The largest absolute Gasteiger partial charge is 0.423 e. The molecule has 5 heterocycles. The Balaban J connectivity index is 1.12. The van der Waals surface area contributed by atoms with Crippen LogP contribution in [0.2, 0.25) is 0 Å². The summed E-state index contributed by atoms with van der Waals surface area (Å²) in [6.07, 6.45) is 9.51. The quantitative estimate of drug-likeness (QED) is 0.455. The zero-order valence-electron chi connectivity index (χ0n) is 22.7. The van der Waals surface area contributed by atoms with Crippen LogP contribution in [0.4, 0.5) is 0 Å². The number of hydrogen-bond donors (Lipinski definition) is 0. The van der Waals surface area contributed by atoms with Crippen molar-refractivity contribution in [3.05, 3.63) is 46.3 Å². The summed E-state index contributed by atoms with van der Waals surface area (Å²) in [6, 6.07) is 1.92. The van der Waals surface area contributed by atoms with Gasteiger partial charge in [-0.2, -0.15) is 5.10 Å². The van der Waals surface area contributed by atoms with Crippen molar-refractivity contribution in [1.82, 2.24) is 34.8 Å². The molecule has 2 saturated heterocycles. The van der Waals surface area contributed by atoms with E-state index in [0.717, 1.165) is 12.1 Å². The molecular formula is C28H35N7O3S. The fraction of sp³-hybridized carbons (Fsp3) is 0.643. The van der Waals surface area contributed by atoms with Gasteiger partial charge in [0.05, 0.1) is 23.3 Å². The second-order valence-corrected chi connectivity index (χ2v) is 13.6. The van der Waals surface area contributed by atoms with Crippen molar-refractivity contribution in [2.75, 3.05) is 26.2 Å². The molecule has 3 atom stereocenters. The molecule has 4 aliphatic rings. The van der Waals surface area contributed by atoms with Gasteiger partial charge in [0.1, 0.15) is 10.9 Å². The Bertz CT molecular complexity index is 1380. The molecule has 0 aromatic carbocycles. The van der Waals surface area contributed by atoms with Gasteiger partial charge in [0.25, 0.3) is 5.91 Å². The third-order valence-corrected chi connectivity index (χ3v) is 10.4. The van der Waals surface area contributed by atoms with Gasteiger partial charge in [-0.05, 0) is 37.7 Å². The molecule has 3 aromatic heterocycles. The van der Waals surface area contributed by atoms with Gasteiger partial charge in [-0.25, -0.2) is 0 Å². The van der Waals surface area contributed by atoms with Gasteiger partial charge in [-0.3, -0.25) is 19.3 Å². The third-order valence-electron chi connectivity index (χ3n) is 9.62. The summed E-state index contributed by atoms with van der Waals surface area (Å²) in [5.41, 5.74) is 2.62. The number of carbonyl (C=O) groups excluding carboxylic acids is 2. The van der Waals surface area contributed by atoms with Crippen molar-refractivity contribution < 1.29 is 14.0 Å². The minimum absolute atomic E-state index is 0.0310. The highest BCUT2D eigenvalue weighted by Crippen LogP contribution is 2.55. The Kier molecular flexibility index (Phi) is 5.73. The summed E-state index contributed by atoms with van der Waals surface area (Å²) >= 11 is 1.35. The Morgan fingerprint density at radius 2 is 1.87 bits per heavy atom. The summed E-state index contributed by atoms with van der Waals surface area (Å²) in [7, 11) is 0. The van der Waals surface area contributed by atoms with Gasteiger partial charge in [-0.1, -0.05) is 26.7 Å². The average molecular weight is 550 g/mol. The van der Waals surface area contributed by atoms with Crippen LogP contribution in [0.25, 0.3) is 0 Å².